The number of thiophene rings is 1. The zero-order valence-electron chi connectivity index (χ0n) is 15.2. The Morgan fingerprint density at radius 2 is 1.85 bits per heavy atom. The van der Waals surface area contributed by atoms with Crippen LogP contribution in [0.2, 0.25) is 0 Å². The molecule has 0 aliphatic carbocycles. The Hall–Kier alpha value is -2.45. The number of aromatic nitrogens is 5. The Bertz CT molecular complexity index is 1130. The second-order valence-corrected chi connectivity index (χ2v) is 8.73. The summed E-state index contributed by atoms with van der Waals surface area (Å²) in [5.74, 6) is 1.78. The van der Waals surface area contributed by atoms with Crippen LogP contribution in [-0.2, 0) is 0 Å². The van der Waals surface area contributed by atoms with E-state index in [9.17, 15) is 4.79 Å². The Kier molecular flexibility index (Phi) is 4.84. The van der Waals surface area contributed by atoms with Crippen LogP contribution < -0.4 is 5.56 Å². The number of aromatic amines is 2. The number of nitrogens with zero attached hydrogens (tertiary/aromatic N) is 3. The highest BCUT2D eigenvalue weighted by Gasteiger charge is 2.18. The highest BCUT2D eigenvalue weighted by Crippen LogP contribution is 2.34. The first kappa shape index (κ1) is 17.9. The summed E-state index contributed by atoms with van der Waals surface area (Å²) in [6.07, 6.45) is 0. The molecule has 4 rings (SSSR count). The number of H-pyrrole nitrogens is 2. The first-order valence-electron chi connectivity index (χ1n) is 8.68. The van der Waals surface area contributed by atoms with E-state index in [2.05, 4.69) is 34.0 Å². The third-order valence-electron chi connectivity index (χ3n) is 4.24. The van der Waals surface area contributed by atoms with Crippen molar-refractivity contribution in [2.45, 2.75) is 37.1 Å². The molecule has 0 saturated carbocycles. The third-order valence-corrected chi connectivity index (χ3v) is 6.09. The molecule has 138 valence electrons. The minimum Gasteiger partial charge on any atom is -0.309 e. The zero-order chi connectivity index (χ0) is 19.0. The first-order valence-corrected chi connectivity index (χ1v) is 10.4. The van der Waals surface area contributed by atoms with E-state index in [0.29, 0.717) is 22.3 Å². The summed E-state index contributed by atoms with van der Waals surface area (Å²) in [7, 11) is 0. The maximum absolute atomic E-state index is 12.8. The lowest BCUT2D eigenvalue weighted by molar-refractivity contribution is 0.780. The molecule has 6 nitrogen and oxygen atoms in total. The van der Waals surface area contributed by atoms with Gasteiger partial charge in [0.2, 0.25) is 5.16 Å². The number of nitrogens with one attached hydrogen (secondary N) is 2. The molecule has 1 aromatic carbocycles. The molecule has 1 unspecified atom stereocenters. The molecule has 3 heterocycles. The molecule has 3 aromatic heterocycles. The molecule has 1 atom stereocenters. The van der Waals surface area contributed by atoms with Gasteiger partial charge in [-0.3, -0.25) is 9.89 Å². The monoisotopic (exact) mass is 397 g/mol. The van der Waals surface area contributed by atoms with E-state index < -0.39 is 0 Å². The number of thioether (sulfide) groups is 1. The van der Waals surface area contributed by atoms with Crippen molar-refractivity contribution in [2.75, 3.05) is 0 Å². The lowest BCUT2D eigenvalue weighted by Gasteiger charge is -2.08. The van der Waals surface area contributed by atoms with Gasteiger partial charge in [0.1, 0.15) is 16.5 Å². The van der Waals surface area contributed by atoms with Crippen LogP contribution in [0.15, 0.2) is 45.7 Å². The van der Waals surface area contributed by atoms with Gasteiger partial charge in [0.25, 0.3) is 5.56 Å². The normalized spacial score (nSPS) is 12.7. The number of hydrogen-bond acceptors (Lipinski definition) is 6. The van der Waals surface area contributed by atoms with Crippen molar-refractivity contribution in [3.63, 3.8) is 0 Å². The van der Waals surface area contributed by atoms with E-state index >= 15 is 0 Å². The SMILES string of the molecule is CC(C)c1nc(SC(C)c2nc3scc(-c4ccccc4)c3c(=O)[nH]2)n[nH]1. The van der Waals surface area contributed by atoms with Gasteiger partial charge in [-0.1, -0.05) is 55.9 Å². The van der Waals surface area contributed by atoms with Crippen LogP contribution in [0.3, 0.4) is 0 Å². The summed E-state index contributed by atoms with van der Waals surface area (Å²) in [4.78, 5) is 25.6. The van der Waals surface area contributed by atoms with Crippen molar-refractivity contribution in [1.82, 2.24) is 25.1 Å². The van der Waals surface area contributed by atoms with Gasteiger partial charge in [-0.2, -0.15) is 0 Å². The van der Waals surface area contributed by atoms with Gasteiger partial charge in [0.05, 0.1) is 10.6 Å². The minimum absolute atomic E-state index is 0.0693. The smallest absolute Gasteiger partial charge is 0.260 e. The molecule has 0 radical (unpaired) electrons. The predicted molar refractivity (Wildman–Crippen MR) is 110 cm³/mol. The molecular weight excluding hydrogens is 378 g/mol. The van der Waals surface area contributed by atoms with Gasteiger partial charge in [-0.15, -0.1) is 16.4 Å². The summed E-state index contributed by atoms with van der Waals surface area (Å²) >= 11 is 2.96. The van der Waals surface area contributed by atoms with E-state index in [1.165, 1.54) is 23.1 Å². The zero-order valence-corrected chi connectivity index (χ0v) is 16.8. The molecule has 0 saturated heterocycles. The maximum Gasteiger partial charge on any atom is 0.260 e. The molecule has 0 fully saturated rings. The van der Waals surface area contributed by atoms with E-state index in [0.717, 1.165) is 21.8 Å². The van der Waals surface area contributed by atoms with Crippen molar-refractivity contribution in [2.24, 2.45) is 0 Å². The number of fused-ring (bicyclic) bond motifs is 1. The van der Waals surface area contributed by atoms with Crippen LogP contribution in [-0.4, -0.2) is 25.1 Å². The van der Waals surface area contributed by atoms with Crippen molar-refractivity contribution < 1.29 is 0 Å². The van der Waals surface area contributed by atoms with Crippen LogP contribution >= 0.6 is 23.1 Å². The first-order chi connectivity index (χ1) is 13.0. The van der Waals surface area contributed by atoms with Crippen molar-refractivity contribution in [3.05, 3.63) is 57.7 Å². The average molecular weight is 398 g/mol. The fraction of sp³-hybridized carbons (Fsp3) is 0.263. The fourth-order valence-corrected chi connectivity index (χ4v) is 4.52. The lowest BCUT2D eigenvalue weighted by atomic mass is 10.1. The number of benzene rings is 1. The van der Waals surface area contributed by atoms with Gasteiger partial charge in [0, 0.05) is 16.9 Å². The van der Waals surface area contributed by atoms with Crippen LogP contribution in [0.4, 0.5) is 0 Å². The van der Waals surface area contributed by atoms with Crippen molar-refractivity contribution in [1.29, 1.82) is 0 Å². The van der Waals surface area contributed by atoms with Gasteiger partial charge < -0.3 is 4.98 Å². The molecule has 27 heavy (non-hydrogen) atoms. The van der Waals surface area contributed by atoms with Gasteiger partial charge in [-0.05, 0) is 12.5 Å². The predicted octanol–water partition coefficient (Wildman–Crippen LogP) is 4.75. The summed E-state index contributed by atoms with van der Waals surface area (Å²) in [5, 5.41) is 10.4. The Balaban J connectivity index is 1.66. The standard InChI is InChI=1S/C19H19N5OS2/c1-10(2)15-22-19(24-23-15)27-11(3)16-20-17(25)14-13(9-26-18(14)21-16)12-7-5-4-6-8-12/h4-11H,1-3H3,(H,20,21,25)(H,22,23,24). The topological polar surface area (TPSA) is 87.3 Å². The average Bonchev–Trinajstić information content (AvgIpc) is 3.29. The molecule has 0 spiro atoms. The van der Waals surface area contributed by atoms with E-state index in [4.69, 9.17) is 4.98 Å². The second-order valence-electron chi connectivity index (χ2n) is 6.56. The van der Waals surface area contributed by atoms with Crippen molar-refractivity contribution >= 4 is 33.3 Å². The second kappa shape index (κ2) is 7.28. The largest absolute Gasteiger partial charge is 0.309 e. The van der Waals surface area contributed by atoms with Crippen LogP contribution in [0.25, 0.3) is 21.3 Å². The molecular formula is C19H19N5OS2. The minimum atomic E-state index is -0.111. The highest BCUT2D eigenvalue weighted by molar-refractivity contribution is 7.99. The molecule has 0 aliphatic rings. The third kappa shape index (κ3) is 3.54. The molecule has 4 aromatic rings. The molecule has 2 N–H and O–H groups in total. The molecule has 0 bridgehead atoms. The molecule has 0 amide bonds. The van der Waals surface area contributed by atoms with Gasteiger partial charge in [-0.25, -0.2) is 9.97 Å². The fourth-order valence-electron chi connectivity index (χ4n) is 2.77. The summed E-state index contributed by atoms with van der Waals surface area (Å²) < 4.78 is 0. The van der Waals surface area contributed by atoms with Crippen LogP contribution in [0.1, 0.15) is 43.6 Å². The van der Waals surface area contributed by atoms with Crippen LogP contribution in [0.5, 0.6) is 0 Å². The number of rotatable bonds is 5. The van der Waals surface area contributed by atoms with Crippen molar-refractivity contribution in [3.8, 4) is 11.1 Å². The Morgan fingerprint density at radius 3 is 2.56 bits per heavy atom. The molecule has 0 aliphatic heterocycles. The van der Waals surface area contributed by atoms with E-state index in [-0.39, 0.29) is 10.8 Å². The Labute approximate surface area is 164 Å². The maximum atomic E-state index is 12.8. The summed E-state index contributed by atoms with van der Waals surface area (Å²) in [6, 6.07) is 9.91. The van der Waals surface area contributed by atoms with Gasteiger partial charge in [0.15, 0.2) is 0 Å². The van der Waals surface area contributed by atoms with E-state index in [1.54, 1.807) is 0 Å². The lowest BCUT2D eigenvalue weighted by Crippen LogP contribution is -2.12. The van der Waals surface area contributed by atoms with Crippen LogP contribution in [0, 0.1) is 0 Å². The number of hydrogen-bond donors (Lipinski definition) is 2. The molecule has 8 heteroatoms. The highest BCUT2D eigenvalue weighted by atomic mass is 32.2. The summed E-state index contributed by atoms with van der Waals surface area (Å²) in [5.41, 5.74) is 1.83. The summed E-state index contributed by atoms with van der Waals surface area (Å²) in [6.45, 7) is 6.12. The quantitative estimate of drug-likeness (QED) is 0.475. The van der Waals surface area contributed by atoms with Gasteiger partial charge >= 0.3 is 0 Å². The Morgan fingerprint density at radius 1 is 1.07 bits per heavy atom. The van der Waals surface area contributed by atoms with E-state index in [1.807, 2.05) is 42.6 Å².